The lowest BCUT2D eigenvalue weighted by Crippen LogP contribution is -2.07. The third kappa shape index (κ3) is 4.95. The second kappa shape index (κ2) is 9.00. The van der Waals surface area contributed by atoms with Crippen molar-refractivity contribution in [3.05, 3.63) is 52.9 Å². The molecule has 0 bridgehead atoms. The topological polar surface area (TPSA) is 88.9 Å². The number of rotatable bonds is 8. The van der Waals surface area contributed by atoms with E-state index in [9.17, 15) is 0 Å². The normalized spacial score (nSPS) is 10.9. The van der Waals surface area contributed by atoms with E-state index in [1.54, 1.807) is 14.2 Å². The van der Waals surface area contributed by atoms with Crippen LogP contribution in [0, 0.1) is 0 Å². The number of thiophene rings is 1. The Kier molecular flexibility index (Phi) is 6.22. The van der Waals surface area contributed by atoms with Gasteiger partial charge in [0.05, 0.1) is 31.0 Å². The second-order valence-corrected chi connectivity index (χ2v) is 6.71. The molecule has 3 rings (SSSR count). The molecule has 0 unspecified atom stereocenters. The van der Waals surface area contributed by atoms with Crippen LogP contribution in [0.3, 0.4) is 0 Å². The summed E-state index contributed by atoms with van der Waals surface area (Å²) in [6.07, 6.45) is 2.24. The summed E-state index contributed by atoms with van der Waals surface area (Å²) in [5.41, 5.74) is 1.95. The molecular weight excluding hydrogens is 364 g/mol. The molecule has 2 N–H and O–H groups in total. The van der Waals surface area contributed by atoms with Crippen molar-refractivity contribution in [3.63, 3.8) is 0 Å². The van der Waals surface area contributed by atoms with Gasteiger partial charge in [0, 0.05) is 17.5 Å². The molecule has 0 aliphatic carbocycles. The molecule has 27 heavy (non-hydrogen) atoms. The van der Waals surface area contributed by atoms with E-state index in [2.05, 4.69) is 20.4 Å². The first kappa shape index (κ1) is 18.7. The summed E-state index contributed by atoms with van der Waals surface area (Å²) in [6.45, 7) is 0.721. The van der Waals surface area contributed by atoms with Gasteiger partial charge in [0.2, 0.25) is 0 Å². The van der Waals surface area contributed by atoms with Gasteiger partial charge in [0.1, 0.15) is 11.6 Å². The van der Waals surface area contributed by atoms with E-state index in [-0.39, 0.29) is 0 Å². The zero-order valence-corrected chi connectivity index (χ0v) is 15.9. The molecule has 0 fully saturated rings. The fraction of sp³-hybridized carbons (Fsp3) is 0.211. The van der Waals surface area contributed by atoms with Crippen molar-refractivity contribution in [1.82, 2.24) is 9.97 Å². The first-order valence-electron chi connectivity index (χ1n) is 8.29. The minimum Gasteiger partial charge on any atom is -0.497 e. The van der Waals surface area contributed by atoms with Gasteiger partial charge >= 0.3 is 6.01 Å². The summed E-state index contributed by atoms with van der Waals surface area (Å²) >= 11 is 1.47. The number of anilines is 1. The number of methoxy groups -OCH3 is 2. The number of nitrogens with zero attached hydrogens (tertiary/aromatic N) is 3. The lowest BCUT2D eigenvalue weighted by molar-refractivity contribution is 0.322. The predicted molar refractivity (Wildman–Crippen MR) is 106 cm³/mol. The maximum atomic E-state index is 8.66. The molecule has 0 radical (unpaired) electrons. The fourth-order valence-electron chi connectivity index (χ4n) is 2.48. The van der Waals surface area contributed by atoms with E-state index in [1.165, 1.54) is 23.1 Å². The van der Waals surface area contributed by atoms with Crippen LogP contribution in [0.5, 0.6) is 11.8 Å². The van der Waals surface area contributed by atoms with E-state index in [1.807, 2.05) is 42.5 Å². The maximum Gasteiger partial charge on any atom is 0.318 e. The molecule has 0 spiro atoms. The van der Waals surface area contributed by atoms with Crippen LogP contribution in [-0.2, 0) is 6.42 Å². The second-order valence-electron chi connectivity index (χ2n) is 5.60. The first-order valence-corrected chi connectivity index (χ1v) is 9.11. The molecular formula is C19H20N4O3S. The van der Waals surface area contributed by atoms with E-state index in [0.717, 1.165) is 34.2 Å². The Bertz CT molecular complexity index is 910. The number of aromatic nitrogens is 2. The van der Waals surface area contributed by atoms with Crippen LogP contribution in [0.2, 0.25) is 0 Å². The smallest absolute Gasteiger partial charge is 0.318 e. The van der Waals surface area contributed by atoms with Crippen LogP contribution >= 0.6 is 11.3 Å². The molecule has 0 atom stereocenters. The summed E-state index contributed by atoms with van der Waals surface area (Å²) in [4.78, 5) is 10.5. The number of ether oxygens (including phenoxy) is 2. The number of nitrogens with one attached hydrogen (secondary N) is 1. The molecule has 3 aromatic rings. The lowest BCUT2D eigenvalue weighted by Gasteiger charge is -2.09. The van der Waals surface area contributed by atoms with E-state index in [0.29, 0.717) is 11.8 Å². The molecule has 0 saturated carbocycles. The van der Waals surface area contributed by atoms with Crippen LogP contribution in [0.15, 0.2) is 47.6 Å². The Balaban J connectivity index is 1.70. The van der Waals surface area contributed by atoms with E-state index >= 15 is 0 Å². The number of hydrogen-bond donors (Lipinski definition) is 2. The average molecular weight is 384 g/mol. The highest BCUT2D eigenvalue weighted by Gasteiger charge is 2.09. The van der Waals surface area contributed by atoms with Crippen molar-refractivity contribution in [2.24, 2.45) is 5.16 Å². The van der Waals surface area contributed by atoms with Crippen LogP contribution in [0.1, 0.15) is 10.4 Å². The standard InChI is InChI=1S/C19H20N4O3S/c1-25-14-5-3-13(4-6-14)9-10-20-18-11-16(22-19(23-18)26-2)17-8-7-15(27-17)12-21-24/h3-8,11-12,24H,9-10H2,1-2H3,(H,20,22,23). The number of benzene rings is 1. The first-order chi connectivity index (χ1) is 13.2. The Labute approximate surface area is 161 Å². The molecule has 2 aromatic heterocycles. The third-order valence-corrected chi connectivity index (χ3v) is 4.87. The number of hydrogen-bond acceptors (Lipinski definition) is 8. The predicted octanol–water partition coefficient (Wildman–Crippen LogP) is 3.69. The van der Waals surface area contributed by atoms with Crippen molar-refractivity contribution in [2.45, 2.75) is 6.42 Å². The Morgan fingerprint density at radius 3 is 2.63 bits per heavy atom. The van der Waals surface area contributed by atoms with Crippen LogP contribution < -0.4 is 14.8 Å². The maximum absolute atomic E-state index is 8.66. The Morgan fingerprint density at radius 2 is 1.93 bits per heavy atom. The summed E-state index contributed by atoms with van der Waals surface area (Å²) in [6, 6.07) is 13.9. The molecule has 2 heterocycles. The zero-order chi connectivity index (χ0) is 19.1. The quantitative estimate of drug-likeness (QED) is 0.350. The molecule has 1 aromatic carbocycles. The zero-order valence-electron chi connectivity index (χ0n) is 15.0. The van der Waals surface area contributed by atoms with Crippen LogP contribution in [0.4, 0.5) is 5.82 Å². The van der Waals surface area contributed by atoms with Gasteiger partial charge < -0.3 is 20.0 Å². The van der Waals surface area contributed by atoms with Gasteiger partial charge in [-0.2, -0.15) is 9.97 Å². The van der Waals surface area contributed by atoms with Gasteiger partial charge in [-0.25, -0.2) is 0 Å². The summed E-state index contributed by atoms with van der Waals surface area (Å²) < 4.78 is 10.4. The van der Waals surface area contributed by atoms with Gasteiger partial charge in [-0.3, -0.25) is 0 Å². The van der Waals surface area contributed by atoms with Gasteiger partial charge in [-0.1, -0.05) is 17.3 Å². The average Bonchev–Trinajstić information content (AvgIpc) is 3.17. The van der Waals surface area contributed by atoms with Crippen molar-refractivity contribution in [2.75, 3.05) is 26.1 Å². The van der Waals surface area contributed by atoms with Crippen molar-refractivity contribution in [3.8, 4) is 22.3 Å². The SMILES string of the molecule is COc1ccc(CCNc2cc(-c3ccc(C=NO)s3)nc(OC)n2)cc1. The van der Waals surface area contributed by atoms with Crippen molar-refractivity contribution >= 4 is 23.4 Å². The fourth-order valence-corrected chi connectivity index (χ4v) is 3.31. The third-order valence-electron chi connectivity index (χ3n) is 3.83. The molecule has 7 nitrogen and oxygen atoms in total. The molecule has 8 heteroatoms. The highest BCUT2D eigenvalue weighted by Crippen LogP contribution is 2.28. The largest absolute Gasteiger partial charge is 0.497 e. The molecule has 0 saturated heterocycles. The van der Waals surface area contributed by atoms with E-state index in [4.69, 9.17) is 14.7 Å². The monoisotopic (exact) mass is 384 g/mol. The van der Waals surface area contributed by atoms with E-state index < -0.39 is 0 Å². The molecule has 0 aliphatic rings. The molecule has 0 amide bonds. The van der Waals surface area contributed by atoms with Crippen LogP contribution in [-0.4, -0.2) is 42.2 Å². The Morgan fingerprint density at radius 1 is 1.11 bits per heavy atom. The van der Waals surface area contributed by atoms with Crippen molar-refractivity contribution < 1.29 is 14.7 Å². The summed E-state index contributed by atoms with van der Waals surface area (Å²) in [5.74, 6) is 1.54. The highest BCUT2D eigenvalue weighted by molar-refractivity contribution is 7.17. The van der Waals surface area contributed by atoms with Crippen molar-refractivity contribution in [1.29, 1.82) is 0 Å². The minimum atomic E-state index is 0.297. The van der Waals surface area contributed by atoms with Gasteiger partial charge in [-0.15, -0.1) is 11.3 Å². The molecule has 140 valence electrons. The van der Waals surface area contributed by atoms with Gasteiger partial charge in [0.25, 0.3) is 0 Å². The molecule has 0 aliphatic heterocycles. The Hall–Kier alpha value is -3.13. The lowest BCUT2D eigenvalue weighted by atomic mass is 10.1. The van der Waals surface area contributed by atoms with Crippen LogP contribution in [0.25, 0.3) is 10.6 Å². The van der Waals surface area contributed by atoms with Gasteiger partial charge in [0.15, 0.2) is 0 Å². The highest BCUT2D eigenvalue weighted by atomic mass is 32.1. The minimum absolute atomic E-state index is 0.297. The number of oxime groups is 1. The summed E-state index contributed by atoms with van der Waals surface area (Å²) in [5, 5.41) is 15.0. The van der Waals surface area contributed by atoms with Gasteiger partial charge in [-0.05, 0) is 36.2 Å². The summed E-state index contributed by atoms with van der Waals surface area (Å²) in [7, 11) is 3.20.